The van der Waals surface area contributed by atoms with E-state index < -0.39 is 12.1 Å². The number of unbranched alkanes of at least 4 members (excludes halogenated alkanes) is 43. The van der Waals surface area contributed by atoms with E-state index >= 15 is 0 Å². The molecule has 0 bridgehead atoms. The summed E-state index contributed by atoms with van der Waals surface area (Å²) in [5.41, 5.74) is 0. The quantitative estimate of drug-likeness (QED) is 0.0421. The van der Waals surface area contributed by atoms with Gasteiger partial charge in [-0.05, 0) is 44.9 Å². The first kappa shape index (κ1) is 62.6. The van der Waals surface area contributed by atoms with Crippen molar-refractivity contribution in [2.75, 3.05) is 6.61 Å². The van der Waals surface area contributed by atoms with Crippen LogP contribution < -0.4 is 5.32 Å². The highest BCUT2D eigenvalue weighted by Gasteiger charge is 2.18. The molecule has 0 aliphatic heterocycles. The van der Waals surface area contributed by atoms with Gasteiger partial charge < -0.3 is 15.5 Å². The van der Waals surface area contributed by atoms with Crippen molar-refractivity contribution in [2.45, 2.75) is 334 Å². The summed E-state index contributed by atoms with van der Waals surface area (Å²) in [5, 5.41) is 23.2. The Morgan fingerprint density at radius 1 is 0.359 bits per heavy atom. The van der Waals surface area contributed by atoms with E-state index in [1.807, 2.05) is 6.08 Å². The van der Waals surface area contributed by atoms with E-state index in [2.05, 4.69) is 43.5 Å². The van der Waals surface area contributed by atoms with E-state index in [1.54, 1.807) is 6.08 Å². The zero-order chi connectivity index (χ0) is 46.3. The van der Waals surface area contributed by atoms with Crippen molar-refractivity contribution in [3.63, 3.8) is 0 Å². The molecule has 0 fully saturated rings. The van der Waals surface area contributed by atoms with Crippen molar-refractivity contribution in [3.8, 4) is 0 Å². The molecule has 0 aromatic heterocycles. The first-order valence-corrected chi connectivity index (χ1v) is 29.2. The van der Waals surface area contributed by atoms with Crippen molar-refractivity contribution < 1.29 is 15.0 Å². The minimum atomic E-state index is -0.869. The molecule has 2 atom stereocenters. The van der Waals surface area contributed by atoms with Gasteiger partial charge >= 0.3 is 0 Å². The molecule has 0 aliphatic rings. The number of allylic oxidation sites excluding steroid dienone is 5. The first-order valence-electron chi connectivity index (χ1n) is 29.2. The molecule has 3 N–H and O–H groups in total. The molecule has 1 amide bonds. The molecular weight excluding hydrogens is 783 g/mol. The van der Waals surface area contributed by atoms with Gasteiger partial charge in [-0.1, -0.05) is 307 Å². The number of aliphatic hydroxyl groups is 2. The average molecular weight is 899 g/mol. The van der Waals surface area contributed by atoms with Crippen LogP contribution in [0.5, 0.6) is 0 Å². The highest BCUT2D eigenvalue weighted by molar-refractivity contribution is 5.76. The molecule has 4 nitrogen and oxygen atoms in total. The smallest absolute Gasteiger partial charge is 0.220 e. The third-order valence-corrected chi connectivity index (χ3v) is 13.6. The minimum absolute atomic E-state index is 0.0715. The number of hydrogen-bond acceptors (Lipinski definition) is 3. The Hall–Kier alpha value is -1.39. The van der Waals surface area contributed by atoms with Gasteiger partial charge in [-0.2, -0.15) is 0 Å². The summed E-state index contributed by atoms with van der Waals surface area (Å²) in [4.78, 5) is 12.5. The Morgan fingerprint density at radius 2 is 0.609 bits per heavy atom. The Morgan fingerprint density at radius 3 is 0.906 bits per heavy atom. The second-order valence-electron chi connectivity index (χ2n) is 20.1. The molecule has 2 unspecified atom stereocenters. The third-order valence-electron chi connectivity index (χ3n) is 13.6. The van der Waals surface area contributed by atoms with Crippen molar-refractivity contribution in [2.24, 2.45) is 0 Å². The predicted octanol–water partition coefficient (Wildman–Crippen LogP) is 19.3. The predicted molar refractivity (Wildman–Crippen MR) is 285 cm³/mol. The SMILES string of the molecule is CCCCCCCCCCCCCCCCCCC/C=C/CC/C=C/CC/C=C/C(O)C(CO)NC(=O)CCCCCCCCCCCCCCCCCCCCCCCCCCC. The van der Waals surface area contributed by atoms with Crippen LogP contribution >= 0.6 is 0 Å². The second-order valence-corrected chi connectivity index (χ2v) is 20.1. The van der Waals surface area contributed by atoms with Gasteiger partial charge in [-0.3, -0.25) is 4.79 Å². The number of rotatable bonds is 54. The zero-order valence-electron chi connectivity index (χ0n) is 43.6. The molecule has 0 saturated carbocycles. The molecule has 378 valence electrons. The minimum Gasteiger partial charge on any atom is -0.394 e. The molecule has 0 heterocycles. The van der Waals surface area contributed by atoms with Crippen molar-refractivity contribution in [1.82, 2.24) is 5.32 Å². The summed E-state index contributed by atoms with van der Waals surface area (Å²) in [6, 6.07) is -0.644. The first-order chi connectivity index (χ1) is 31.7. The van der Waals surface area contributed by atoms with Crippen LogP contribution in [0.3, 0.4) is 0 Å². The molecule has 0 aliphatic carbocycles. The van der Waals surface area contributed by atoms with Gasteiger partial charge in [0.2, 0.25) is 5.91 Å². The maximum absolute atomic E-state index is 12.5. The van der Waals surface area contributed by atoms with Crippen molar-refractivity contribution >= 4 is 5.91 Å². The largest absolute Gasteiger partial charge is 0.394 e. The number of carbonyl (C=O) groups is 1. The Bertz CT molecular complexity index is 974. The number of carbonyl (C=O) groups excluding carboxylic acids is 1. The van der Waals surface area contributed by atoms with Crippen molar-refractivity contribution in [3.05, 3.63) is 36.5 Å². The fraction of sp³-hybridized carbons (Fsp3) is 0.883. The number of nitrogens with one attached hydrogen (secondary N) is 1. The van der Waals surface area contributed by atoms with Gasteiger partial charge in [0.15, 0.2) is 0 Å². The summed E-state index contributed by atoms with van der Waals surface area (Å²) in [6.07, 6.45) is 76.1. The molecule has 0 aromatic rings. The van der Waals surface area contributed by atoms with Crippen LogP contribution in [0.4, 0.5) is 0 Å². The molecule has 0 radical (unpaired) electrons. The van der Waals surface area contributed by atoms with E-state index in [1.165, 1.54) is 263 Å². The summed E-state index contributed by atoms with van der Waals surface area (Å²) in [5.74, 6) is -0.0715. The summed E-state index contributed by atoms with van der Waals surface area (Å²) >= 11 is 0. The van der Waals surface area contributed by atoms with Gasteiger partial charge in [0.25, 0.3) is 0 Å². The zero-order valence-corrected chi connectivity index (χ0v) is 43.6. The van der Waals surface area contributed by atoms with E-state index in [-0.39, 0.29) is 12.5 Å². The highest BCUT2D eigenvalue weighted by Crippen LogP contribution is 2.18. The number of hydrogen-bond donors (Lipinski definition) is 3. The van der Waals surface area contributed by atoms with Crippen LogP contribution in [0.25, 0.3) is 0 Å². The normalized spacial score (nSPS) is 13.0. The number of amides is 1. The van der Waals surface area contributed by atoms with Gasteiger partial charge in [-0.15, -0.1) is 0 Å². The lowest BCUT2D eigenvalue weighted by Gasteiger charge is -2.19. The van der Waals surface area contributed by atoms with E-state index in [0.717, 1.165) is 38.5 Å². The molecule has 0 aromatic carbocycles. The standard InChI is InChI=1S/C60H115NO3/c1-3-5-7-9-11-13-15-17-19-21-23-25-27-29-30-32-33-35-37-39-41-43-45-47-49-51-53-55-59(63)58(57-62)61-60(64)56-54-52-50-48-46-44-42-40-38-36-34-31-28-26-24-22-20-18-16-14-12-10-8-6-4-2/h37,39,45,47,53,55,58-59,62-63H,3-36,38,40-44,46,48-52,54,56-57H2,1-2H3,(H,61,64)/b39-37+,47-45+,55-53+. The molecular formula is C60H115NO3. The van der Waals surface area contributed by atoms with E-state index in [0.29, 0.717) is 6.42 Å². The molecule has 0 spiro atoms. The Labute approximate surface area is 402 Å². The van der Waals surface area contributed by atoms with Crippen LogP contribution in [-0.4, -0.2) is 34.9 Å². The lowest BCUT2D eigenvalue weighted by Crippen LogP contribution is -2.45. The molecule has 0 saturated heterocycles. The maximum atomic E-state index is 12.5. The fourth-order valence-corrected chi connectivity index (χ4v) is 9.16. The maximum Gasteiger partial charge on any atom is 0.220 e. The second kappa shape index (κ2) is 55.9. The summed E-state index contributed by atoms with van der Waals surface area (Å²) in [6.45, 7) is 4.33. The Kier molecular flexibility index (Phi) is 54.7. The van der Waals surface area contributed by atoms with E-state index in [4.69, 9.17) is 0 Å². The molecule has 0 rings (SSSR count). The lowest BCUT2D eigenvalue weighted by atomic mass is 10.0. The van der Waals surface area contributed by atoms with Gasteiger partial charge in [0.1, 0.15) is 0 Å². The van der Waals surface area contributed by atoms with Gasteiger partial charge in [-0.25, -0.2) is 0 Å². The Balaban J connectivity index is 3.52. The summed E-state index contributed by atoms with van der Waals surface area (Å²) < 4.78 is 0. The van der Waals surface area contributed by atoms with Crippen LogP contribution in [-0.2, 0) is 4.79 Å². The van der Waals surface area contributed by atoms with Crippen LogP contribution in [0, 0.1) is 0 Å². The van der Waals surface area contributed by atoms with Gasteiger partial charge in [0.05, 0.1) is 18.8 Å². The highest BCUT2D eigenvalue weighted by atomic mass is 16.3. The lowest BCUT2D eigenvalue weighted by molar-refractivity contribution is -0.123. The fourth-order valence-electron chi connectivity index (χ4n) is 9.16. The average Bonchev–Trinajstić information content (AvgIpc) is 3.30. The number of aliphatic hydroxyl groups excluding tert-OH is 2. The van der Waals surface area contributed by atoms with Gasteiger partial charge in [0, 0.05) is 6.42 Å². The monoisotopic (exact) mass is 898 g/mol. The van der Waals surface area contributed by atoms with Crippen molar-refractivity contribution in [1.29, 1.82) is 0 Å². The van der Waals surface area contributed by atoms with Crippen LogP contribution in [0.1, 0.15) is 322 Å². The third kappa shape index (κ3) is 51.6. The summed E-state index contributed by atoms with van der Waals surface area (Å²) in [7, 11) is 0. The van der Waals surface area contributed by atoms with Crippen LogP contribution in [0.15, 0.2) is 36.5 Å². The van der Waals surface area contributed by atoms with E-state index in [9.17, 15) is 15.0 Å². The topological polar surface area (TPSA) is 69.6 Å². The molecule has 64 heavy (non-hydrogen) atoms. The molecule has 4 heteroatoms. The van der Waals surface area contributed by atoms with Crippen LogP contribution in [0.2, 0.25) is 0 Å².